The summed E-state index contributed by atoms with van der Waals surface area (Å²) in [6.07, 6.45) is -9.22. The number of rotatable bonds is 4. The molecule has 1 aliphatic heterocycles. The highest BCUT2D eigenvalue weighted by Crippen LogP contribution is 2.37. The van der Waals surface area contributed by atoms with E-state index in [4.69, 9.17) is 4.74 Å². The number of hydrogen-bond donors (Lipinski definition) is 1. The number of ether oxygens (including phenoxy) is 1. The topological polar surface area (TPSA) is 38.3 Å². The van der Waals surface area contributed by atoms with Crippen LogP contribution in [0.4, 0.5) is 30.7 Å². The average Bonchev–Trinajstić information content (AvgIpc) is 2.71. The van der Waals surface area contributed by atoms with Crippen molar-refractivity contribution in [1.82, 2.24) is 5.32 Å². The maximum absolute atomic E-state index is 13.3. The molecule has 168 valence electrons. The number of halogens is 7. The quantitative estimate of drug-likeness (QED) is 0.640. The second-order valence-corrected chi connectivity index (χ2v) is 7.38. The maximum atomic E-state index is 13.3. The molecule has 3 nitrogen and oxygen atoms in total. The van der Waals surface area contributed by atoms with Crippen molar-refractivity contribution in [2.45, 2.75) is 30.6 Å². The van der Waals surface area contributed by atoms with E-state index in [1.165, 1.54) is 12.1 Å². The molecule has 1 N–H and O–H groups in total. The molecule has 0 aromatic heterocycles. The molecule has 3 rings (SSSR count). The monoisotopic (exact) mass is 449 g/mol. The molecule has 0 atom stereocenters. The van der Waals surface area contributed by atoms with Crippen molar-refractivity contribution < 1.29 is 40.3 Å². The maximum Gasteiger partial charge on any atom is 0.416 e. The Kier molecular flexibility index (Phi) is 6.31. The standard InChI is InChI=1S/C21H18F7NO2/c22-17-3-1-14(2-4-17)19(5-7-31-8-6-19)12-29-18(30)13-9-15(20(23,24)25)11-16(10-13)21(26,27)28/h1-4,9-11H,5-8,12H2,(H,29,30). The predicted octanol–water partition coefficient (Wildman–Crippen LogP) is 5.34. The highest BCUT2D eigenvalue weighted by molar-refractivity contribution is 5.94. The summed E-state index contributed by atoms with van der Waals surface area (Å²) in [6.45, 7) is 0.627. The van der Waals surface area contributed by atoms with Crippen LogP contribution in [0.25, 0.3) is 0 Å². The molecule has 1 aliphatic rings. The minimum absolute atomic E-state index is 0.0325. The van der Waals surface area contributed by atoms with Crippen molar-refractivity contribution in [2.24, 2.45) is 0 Å². The number of carbonyl (C=O) groups excluding carboxylic acids is 1. The molecule has 1 amide bonds. The van der Waals surface area contributed by atoms with Crippen LogP contribution in [0.1, 0.15) is 39.9 Å². The van der Waals surface area contributed by atoms with Crippen molar-refractivity contribution >= 4 is 5.91 Å². The Hall–Kier alpha value is -2.62. The number of nitrogens with one attached hydrogen (secondary N) is 1. The molecular weight excluding hydrogens is 431 g/mol. The molecule has 0 spiro atoms. The molecule has 2 aromatic rings. The van der Waals surface area contributed by atoms with E-state index in [1.807, 2.05) is 0 Å². The van der Waals surface area contributed by atoms with Gasteiger partial charge in [0.1, 0.15) is 5.82 Å². The smallest absolute Gasteiger partial charge is 0.381 e. The lowest BCUT2D eigenvalue weighted by atomic mass is 9.74. The fourth-order valence-corrected chi connectivity index (χ4v) is 3.57. The highest BCUT2D eigenvalue weighted by Gasteiger charge is 2.38. The lowest BCUT2D eigenvalue weighted by Gasteiger charge is -2.38. The number of alkyl halides is 6. The molecule has 31 heavy (non-hydrogen) atoms. The zero-order chi connectivity index (χ0) is 22.9. The van der Waals surface area contributed by atoms with E-state index in [0.717, 1.165) is 0 Å². The van der Waals surface area contributed by atoms with Gasteiger partial charge in [0.2, 0.25) is 0 Å². The lowest BCUT2D eigenvalue weighted by Crippen LogP contribution is -2.44. The Morgan fingerprint density at radius 2 is 1.42 bits per heavy atom. The molecule has 0 bridgehead atoms. The van der Waals surface area contributed by atoms with Gasteiger partial charge in [0.25, 0.3) is 5.91 Å². The summed E-state index contributed by atoms with van der Waals surface area (Å²) < 4.78 is 96.9. The average molecular weight is 449 g/mol. The van der Waals surface area contributed by atoms with E-state index < -0.39 is 46.2 Å². The Labute approximate surface area is 173 Å². The van der Waals surface area contributed by atoms with Gasteiger partial charge in [-0.3, -0.25) is 4.79 Å². The molecule has 1 saturated heterocycles. The van der Waals surface area contributed by atoms with E-state index >= 15 is 0 Å². The zero-order valence-electron chi connectivity index (χ0n) is 16.0. The normalized spacial score (nSPS) is 16.7. The van der Waals surface area contributed by atoms with Crippen molar-refractivity contribution in [2.75, 3.05) is 19.8 Å². The third-order valence-corrected chi connectivity index (χ3v) is 5.34. The largest absolute Gasteiger partial charge is 0.416 e. The van der Waals surface area contributed by atoms with Crippen LogP contribution in [0.15, 0.2) is 42.5 Å². The Morgan fingerprint density at radius 3 is 1.90 bits per heavy atom. The fraction of sp³-hybridized carbons (Fsp3) is 0.381. The summed E-state index contributed by atoms with van der Waals surface area (Å²) in [4.78, 5) is 12.5. The van der Waals surface area contributed by atoms with Crippen LogP contribution in [0, 0.1) is 5.82 Å². The Bertz CT molecular complexity index is 898. The first-order chi connectivity index (χ1) is 14.4. The summed E-state index contributed by atoms with van der Waals surface area (Å²) in [7, 11) is 0. The molecule has 1 fully saturated rings. The van der Waals surface area contributed by atoms with Crippen LogP contribution in [0.2, 0.25) is 0 Å². The van der Waals surface area contributed by atoms with Crippen LogP contribution in [-0.2, 0) is 22.5 Å². The van der Waals surface area contributed by atoms with Gasteiger partial charge >= 0.3 is 12.4 Å². The van der Waals surface area contributed by atoms with E-state index in [9.17, 15) is 35.5 Å². The third-order valence-electron chi connectivity index (χ3n) is 5.34. The molecule has 0 saturated carbocycles. The highest BCUT2D eigenvalue weighted by atomic mass is 19.4. The summed E-state index contributed by atoms with van der Waals surface area (Å²) >= 11 is 0. The molecule has 2 aromatic carbocycles. The van der Waals surface area contributed by atoms with Gasteiger partial charge in [0.05, 0.1) is 11.1 Å². The first-order valence-corrected chi connectivity index (χ1v) is 9.32. The van der Waals surface area contributed by atoms with Gasteiger partial charge < -0.3 is 10.1 Å². The molecule has 10 heteroatoms. The second-order valence-electron chi connectivity index (χ2n) is 7.38. The Morgan fingerprint density at radius 1 is 0.903 bits per heavy atom. The van der Waals surface area contributed by atoms with Crippen LogP contribution in [0.5, 0.6) is 0 Å². The SMILES string of the molecule is O=C(NCC1(c2ccc(F)cc2)CCOCC1)c1cc(C(F)(F)F)cc(C(F)(F)F)c1. The summed E-state index contributed by atoms with van der Waals surface area (Å²) in [5, 5.41) is 2.46. The number of benzene rings is 2. The van der Waals surface area contributed by atoms with Crippen molar-refractivity contribution in [3.05, 3.63) is 70.5 Å². The van der Waals surface area contributed by atoms with Crippen LogP contribution in [0.3, 0.4) is 0 Å². The molecular formula is C21H18F7NO2. The van der Waals surface area contributed by atoms with Crippen molar-refractivity contribution in [3.63, 3.8) is 0 Å². The van der Waals surface area contributed by atoms with Gasteiger partial charge in [-0.2, -0.15) is 26.3 Å². The minimum atomic E-state index is -5.05. The van der Waals surface area contributed by atoms with Gasteiger partial charge in [0, 0.05) is 30.7 Å². The van der Waals surface area contributed by atoms with Gasteiger partial charge in [-0.25, -0.2) is 4.39 Å². The van der Waals surface area contributed by atoms with Gasteiger partial charge in [0.15, 0.2) is 0 Å². The molecule has 1 heterocycles. The van der Waals surface area contributed by atoms with Gasteiger partial charge in [-0.1, -0.05) is 12.1 Å². The summed E-state index contributed by atoms with van der Waals surface area (Å²) in [6, 6.07) is 6.32. The molecule has 0 radical (unpaired) electrons. The number of carbonyl (C=O) groups is 1. The lowest BCUT2D eigenvalue weighted by molar-refractivity contribution is -0.143. The number of amides is 1. The summed E-state index contributed by atoms with van der Waals surface area (Å²) in [5.41, 5.74) is -3.87. The molecule has 0 aliphatic carbocycles. The fourth-order valence-electron chi connectivity index (χ4n) is 3.57. The van der Waals surface area contributed by atoms with Gasteiger partial charge in [-0.05, 0) is 48.7 Å². The number of hydrogen-bond acceptors (Lipinski definition) is 2. The third kappa shape index (κ3) is 5.36. The van der Waals surface area contributed by atoms with E-state index in [2.05, 4.69) is 5.32 Å². The first-order valence-electron chi connectivity index (χ1n) is 9.32. The van der Waals surface area contributed by atoms with Crippen LogP contribution >= 0.6 is 0 Å². The van der Waals surface area contributed by atoms with Gasteiger partial charge in [-0.15, -0.1) is 0 Å². The predicted molar refractivity (Wildman–Crippen MR) is 96.9 cm³/mol. The molecule has 0 unspecified atom stereocenters. The van der Waals surface area contributed by atoms with E-state index in [-0.39, 0.29) is 12.6 Å². The zero-order valence-corrected chi connectivity index (χ0v) is 16.0. The van der Waals surface area contributed by atoms with Crippen molar-refractivity contribution in [3.8, 4) is 0 Å². The summed E-state index contributed by atoms with van der Waals surface area (Å²) in [5.74, 6) is -1.52. The minimum Gasteiger partial charge on any atom is -0.381 e. The Balaban J connectivity index is 1.88. The van der Waals surface area contributed by atoms with E-state index in [0.29, 0.717) is 43.8 Å². The van der Waals surface area contributed by atoms with Crippen LogP contribution < -0.4 is 5.32 Å². The van der Waals surface area contributed by atoms with E-state index in [1.54, 1.807) is 12.1 Å². The second kappa shape index (κ2) is 8.49. The van der Waals surface area contributed by atoms with Crippen LogP contribution in [-0.4, -0.2) is 25.7 Å². The first kappa shape index (κ1) is 23.1. The van der Waals surface area contributed by atoms with Crippen molar-refractivity contribution in [1.29, 1.82) is 0 Å².